The minimum atomic E-state index is -4.99. The Balaban J connectivity index is 1.80. The molecule has 0 spiro atoms. The van der Waals surface area contributed by atoms with E-state index in [1.807, 2.05) is 0 Å². The fourth-order valence-electron chi connectivity index (χ4n) is 4.90. The maximum atomic E-state index is 15.7. The van der Waals surface area contributed by atoms with E-state index in [1.165, 1.54) is 35.4 Å². The molecule has 244 valence electrons. The van der Waals surface area contributed by atoms with Crippen molar-refractivity contribution in [1.29, 1.82) is 0 Å². The summed E-state index contributed by atoms with van der Waals surface area (Å²) >= 11 is 0. The lowest BCUT2D eigenvalue weighted by atomic mass is 9.86. The summed E-state index contributed by atoms with van der Waals surface area (Å²) < 4.78 is 97.3. The minimum Gasteiger partial charge on any atom is -0.454 e. The van der Waals surface area contributed by atoms with Gasteiger partial charge in [0, 0.05) is 24.9 Å². The zero-order valence-corrected chi connectivity index (χ0v) is 26.4. The van der Waals surface area contributed by atoms with Crippen LogP contribution < -0.4 is 15.0 Å². The van der Waals surface area contributed by atoms with Gasteiger partial charge in [-0.05, 0) is 97.2 Å². The third-order valence-electron chi connectivity index (χ3n) is 7.71. The van der Waals surface area contributed by atoms with Crippen molar-refractivity contribution in [1.82, 2.24) is 5.32 Å². The maximum absolute atomic E-state index is 15.7. The number of rotatable bonds is 6. The fraction of sp³-hybridized carbons (Fsp3) is 0.469. The zero-order valence-electron chi connectivity index (χ0n) is 26.4. The predicted octanol–water partition coefficient (Wildman–Crippen LogP) is 8.59. The smallest absolute Gasteiger partial charge is 0.454 e. The highest BCUT2D eigenvalue weighted by molar-refractivity contribution is 6.54. The SMILES string of the molecule is CC(C)(C)OC(=O)N/C=C1/CCCN(c2c(/C=C(\F)B3OC(C)(C)C(C)(C)O3)ccc(Oc3ccccc3F)c2C(F)(F)F)C1. The first-order valence-corrected chi connectivity index (χ1v) is 14.6. The molecule has 2 saturated heterocycles. The molecule has 13 heteroatoms. The molecule has 0 aromatic heterocycles. The Bertz CT molecular complexity index is 1470. The molecule has 45 heavy (non-hydrogen) atoms. The molecule has 0 saturated carbocycles. The standard InChI is InChI=1S/C32H38BF5N2O5/c1-29(2,3)43-28(41)39-18-20-11-10-16-40(19-20)27-21(17-25(35)33-44-30(4,5)31(6,7)45-33)14-15-24(26(27)32(36,37)38)42-23-13-9-8-12-22(23)34/h8-9,12-15,17-18H,10-11,16,19H2,1-7H3,(H,39,41)/b20-18-,25-17-. The third kappa shape index (κ3) is 8.18. The van der Waals surface area contributed by atoms with Gasteiger partial charge in [-0.1, -0.05) is 12.1 Å². The lowest BCUT2D eigenvalue weighted by molar-refractivity contribution is -0.138. The highest BCUT2D eigenvalue weighted by Crippen LogP contribution is 2.48. The summed E-state index contributed by atoms with van der Waals surface area (Å²) in [4.78, 5) is 13.7. The molecule has 1 amide bonds. The number of benzene rings is 2. The van der Waals surface area contributed by atoms with Crippen LogP contribution in [0.15, 0.2) is 53.9 Å². The summed E-state index contributed by atoms with van der Waals surface area (Å²) in [5.74, 6) is -1.90. The van der Waals surface area contributed by atoms with E-state index in [2.05, 4.69) is 5.32 Å². The molecule has 1 N–H and O–H groups in total. The Morgan fingerprint density at radius 3 is 2.27 bits per heavy atom. The molecule has 4 rings (SSSR count). The Morgan fingerprint density at radius 1 is 1.02 bits per heavy atom. The molecule has 2 fully saturated rings. The van der Waals surface area contributed by atoms with Crippen LogP contribution in [0.3, 0.4) is 0 Å². The molecule has 0 aliphatic carbocycles. The van der Waals surface area contributed by atoms with Crippen molar-refractivity contribution in [3.05, 3.63) is 70.8 Å². The summed E-state index contributed by atoms with van der Waals surface area (Å²) in [6.45, 7) is 12.2. The van der Waals surface area contributed by atoms with E-state index in [0.29, 0.717) is 18.4 Å². The number of piperidine rings is 1. The quantitative estimate of drug-likeness (QED) is 0.253. The van der Waals surface area contributed by atoms with Crippen molar-refractivity contribution < 1.29 is 45.5 Å². The van der Waals surface area contributed by atoms with Crippen LogP contribution in [0.1, 0.15) is 72.4 Å². The number of nitrogens with zero attached hydrogens (tertiary/aromatic N) is 1. The molecule has 2 aliphatic heterocycles. The average Bonchev–Trinajstić information content (AvgIpc) is 3.14. The molecule has 7 nitrogen and oxygen atoms in total. The van der Waals surface area contributed by atoms with Crippen molar-refractivity contribution in [2.24, 2.45) is 0 Å². The van der Waals surface area contributed by atoms with Gasteiger partial charge in [0.25, 0.3) is 0 Å². The van der Waals surface area contributed by atoms with Gasteiger partial charge in [-0.2, -0.15) is 13.2 Å². The summed E-state index contributed by atoms with van der Waals surface area (Å²) in [5, 5.41) is 2.53. The van der Waals surface area contributed by atoms with Crippen molar-refractivity contribution in [3.8, 4) is 11.5 Å². The van der Waals surface area contributed by atoms with Crippen LogP contribution in [0.4, 0.5) is 32.4 Å². The van der Waals surface area contributed by atoms with Gasteiger partial charge in [-0.15, -0.1) is 0 Å². The fourth-order valence-corrected chi connectivity index (χ4v) is 4.90. The Labute approximate surface area is 260 Å². The number of carbonyl (C=O) groups excluding carboxylic acids is 1. The molecule has 0 radical (unpaired) electrons. The van der Waals surface area contributed by atoms with E-state index >= 15 is 4.39 Å². The van der Waals surface area contributed by atoms with Crippen molar-refractivity contribution in [3.63, 3.8) is 0 Å². The zero-order chi connectivity index (χ0) is 33.4. The number of carbonyl (C=O) groups is 1. The number of hydrogen-bond acceptors (Lipinski definition) is 6. The van der Waals surface area contributed by atoms with Gasteiger partial charge in [-0.25, -0.2) is 13.6 Å². The van der Waals surface area contributed by atoms with Crippen LogP contribution in [0.5, 0.6) is 11.5 Å². The lowest BCUT2D eigenvalue weighted by Gasteiger charge is -2.34. The van der Waals surface area contributed by atoms with Gasteiger partial charge in [0.2, 0.25) is 0 Å². The normalized spacial score (nSPS) is 19.6. The second-order valence-corrected chi connectivity index (χ2v) is 13.0. The summed E-state index contributed by atoms with van der Waals surface area (Å²) in [6, 6.07) is 7.42. The van der Waals surface area contributed by atoms with E-state index in [0.717, 1.165) is 18.2 Å². The highest BCUT2D eigenvalue weighted by Gasteiger charge is 2.53. The molecule has 2 aromatic carbocycles. The van der Waals surface area contributed by atoms with Crippen LogP contribution in [0.2, 0.25) is 0 Å². The summed E-state index contributed by atoms with van der Waals surface area (Å²) in [5.41, 5.74) is -4.51. The van der Waals surface area contributed by atoms with E-state index in [-0.39, 0.29) is 24.3 Å². The number of ether oxygens (including phenoxy) is 2. The van der Waals surface area contributed by atoms with E-state index in [9.17, 15) is 22.4 Å². The van der Waals surface area contributed by atoms with Crippen LogP contribution in [-0.2, 0) is 20.2 Å². The summed E-state index contributed by atoms with van der Waals surface area (Å²) in [7, 11) is -1.44. The largest absolute Gasteiger partial charge is 0.525 e. The first-order valence-electron chi connectivity index (χ1n) is 14.6. The number of alkyl halides is 3. The van der Waals surface area contributed by atoms with Crippen LogP contribution >= 0.6 is 0 Å². The third-order valence-corrected chi connectivity index (χ3v) is 7.71. The van der Waals surface area contributed by atoms with Gasteiger partial charge in [-0.3, -0.25) is 5.32 Å². The van der Waals surface area contributed by atoms with Gasteiger partial charge in [0.05, 0.1) is 16.9 Å². The van der Waals surface area contributed by atoms with Gasteiger partial charge >= 0.3 is 19.4 Å². The van der Waals surface area contributed by atoms with Crippen LogP contribution in [0.25, 0.3) is 6.08 Å². The molecular weight excluding hydrogens is 598 g/mol. The maximum Gasteiger partial charge on any atom is 0.525 e. The van der Waals surface area contributed by atoms with Crippen LogP contribution in [-0.4, -0.2) is 43.1 Å². The Hall–Kier alpha value is -3.58. The Kier molecular flexibility index (Phi) is 9.66. The highest BCUT2D eigenvalue weighted by atomic mass is 19.4. The van der Waals surface area contributed by atoms with Crippen molar-refractivity contribution in [2.75, 3.05) is 18.0 Å². The molecule has 2 aliphatic rings. The molecule has 2 aromatic rings. The topological polar surface area (TPSA) is 69.3 Å². The van der Waals surface area contributed by atoms with Gasteiger partial charge in [0.15, 0.2) is 11.6 Å². The summed E-state index contributed by atoms with van der Waals surface area (Å²) in [6.07, 6.45) is -2.41. The number of anilines is 1. The second-order valence-electron chi connectivity index (χ2n) is 13.0. The molecular formula is C32H38BF5N2O5. The number of nitrogens with one attached hydrogen (secondary N) is 1. The minimum absolute atomic E-state index is 0.0268. The number of hydrogen-bond donors (Lipinski definition) is 1. The van der Waals surface area contributed by atoms with Gasteiger partial charge in [0.1, 0.15) is 22.6 Å². The number of halogens is 5. The molecule has 0 bridgehead atoms. The van der Waals surface area contributed by atoms with Gasteiger partial charge < -0.3 is 23.7 Å². The predicted molar refractivity (Wildman–Crippen MR) is 162 cm³/mol. The van der Waals surface area contributed by atoms with Crippen LogP contribution in [0, 0.1) is 5.82 Å². The first-order chi connectivity index (χ1) is 20.8. The lowest BCUT2D eigenvalue weighted by Crippen LogP contribution is -2.41. The van der Waals surface area contributed by atoms with E-state index in [4.69, 9.17) is 18.8 Å². The average molecular weight is 636 g/mol. The van der Waals surface area contributed by atoms with E-state index < -0.39 is 64.8 Å². The second kappa shape index (κ2) is 12.7. The molecule has 0 unspecified atom stereocenters. The molecule has 0 atom stereocenters. The monoisotopic (exact) mass is 636 g/mol. The van der Waals surface area contributed by atoms with Crippen molar-refractivity contribution in [2.45, 2.75) is 84.3 Å². The number of para-hydroxylation sites is 1. The first kappa shape index (κ1) is 34.3. The van der Waals surface area contributed by atoms with E-state index in [1.54, 1.807) is 48.5 Å². The number of alkyl carbamates (subject to hydrolysis) is 1. The van der Waals surface area contributed by atoms with Crippen molar-refractivity contribution >= 4 is 25.0 Å². The molecule has 2 heterocycles. The Morgan fingerprint density at radius 2 is 1.67 bits per heavy atom. The number of amides is 1.